The minimum atomic E-state index is 0.633. The van der Waals surface area contributed by atoms with Crippen LogP contribution in [0.1, 0.15) is 0 Å². The third-order valence-corrected chi connectivity index (χ3v) is 8.25. The van der Waals surface area contributed by atoms with Crippen molar-refractivity contribution in [2.24, 2.45) is 0 Å². The Bertz CT molecular complexity index is 2460. The highest BCUT2D eigenvalue weighted by molar-refractivity contribution is 6.18. The van der Waals surface area contributed by atoms with Gasteiger partial charge < -0.3 is 13.7 Å². The van der Waals surface area contributed by atoms with Crippen molar-refractivity contribution < 1.29 is 8.83 Å². The topological polar surface area (TPSA) is 42.4 Å². The number of hydrogen-bond acceptors (Lipinski definition) is 4. The summed E-state index contributed by atoms with van der Waals surface area (Å²) in [4.78, 5) is 7.12. The molecule has 4 heteroatoms. The van der Waals surface area contributed by atoms with Crippen molar-refractivity contribution in [1.82, 2.24) is 4.98 Å². The molecule has 4 nitrogen and oxygen atoms in total. The molecular weight excluding hydrogens is 528 g/mol. The number of rotatable bonds is 4. The Morgan fingerprint density at radius 3 is 2.05 bits per heavy atom. The van der Waals surface area contributed by atoms with Crippen LogP contribution in [0.3, 0.4) is 0 Å². The lowest BCUT2D eigenvalue weighted by Gasteiger charge is -2.26. The molecule has 0 atom stereocenters. The molecule has 0 spiro atoms. The number of aromatic nitrogens is 1. The average Bonchev–Trinajstić information content (AvgIpc) is 3.67. The normalized spacial score (nSPS) is 11.7. The molecule has 202 valence electrons. The van der Waals surface area contributed by atoms with E-state index in [4.69, 9.17) is 13.8 Å². The van der Waals surface area contributed by atoms with Crippen LogP contribution in [0.4, 0.5) is 17.1 Å². The number of anilines is 3. The van der Waals surface area contributed by atoms with Gasteiger partial charge in [-0.1, -0.05) is 78.9 Å². The standard InChI is InChI=1S/C39H24N2O2/c1-3-9-26(10-4-1)39-40-34-21-17-25-15-16-27-23-29(18-20-31(27)37(25)38(34)43-39)41(28-11-5-2-6-12-28)30-19-22-36-33(24-30)32-13-7-8-14-35(32)42-36/h1-24H. The third-order valence-electron chi connectivity index (χ3n) is 8.25. The Labute approximate surface area is 247 Å². The summed E-state index contributed by atoms with van der Waals surface area (Å²) in [6.07, 6.45) is 0. The summed E-state index contributed by atoms with van der Waals surface area (Å²) < 4.78 is 12.6. The van der Waals surface area contributed by atoms with Gasteiger partial charge in [-0.25, -0.2) is 4.98 Å². The maximum absolute atomic E-state index is 6.43. The van der Waals surface area contributed by atoms with E-state index in [0.717, 1.165) is 77.2 Å². The second-order valence-corrected chi connectivity index (χ2v) is 10.8. The van der Waals surface area contributed by atoms with Gasteiger partial charge in [-0.2, -0.15) is 0 Å². The number of nitrogens with zero attached hydrogens (tertiary/aromatic N) is 2. The van der Waals surface area contributed by atoms with E-state index in [9.17, 15) is 0 Å². The first-order chi connectivity index (χ1) is 21.3. The molecule has 0 amide bonds. The summed E-state index contributed by atoms with van der Waals surface area (Å²) in [5.74, 6) is 0.633. The maximum atomic E-state index is 6.43. The van der Waals surface area contributed by atoms with Crippen LogP contribution in [0.15, 0.2) is 154 Å². The van der Waals surface area contributed by atoms with Crippen LogP contribution < -0.4 is 4.90 Å². The van der Waals surface area contributed by atoms with Crippen LogP contribution in [0, 0.1) is 0 Å². The molecule has 2 aromatic heterocycles. The second-order valence-electron chi connectivity index (χ2n) is 10.8. The first kappa shape index (κ1) is 23.8. The molecule has 0 bridgehead atoms. The number of furan rings is 1. The van der Waals surface area contributed by atoms with E-state index >= 15 is 0 Å². The highest BCUT2D eigenvalue weighted by atomic mass is 16.3. The van der Waals surface area contributed by atoms with Crippen LogP contribution in [0.5, 0.6) is 0 Å². The zero-order valence-electron chi connectivity index (χ0n) is 23.1. The van der Waals surface area contributed by atoms with E-state index < -0.39 is 0 Å². The van der Waals surface area contributed by atoms with Crippen LogP contribution in [-0.4, -0.2) is 4.98 Å². The predicted octanol–water partition coefficient (Wildman–Crippen LogP) is 11.2. The monoisotopic (exact) mass is 552 g/mol. The molecule has 0 radical (unpaired) electrons. The summed E-state index contributed by atoms with van der Waals surface area (Å²) in [6.45, 7) is 0. The molecule has 0 saturated carbocycles. The zero-order valence-corrected chi connectivity index (χ0v) is 23.1. The van der Waals surface area contributed by atoms with Crippen molar-refractivity contribution in [3.8, 4) is 11.5 Å². The number of fused-ring (bicyclic) bond motifs is 8. The van der Waals surface area contributed by atoms with E-state index in [0.29, 0.717) is 5.89 Å². The lowest BCUT2D eigenvalue weighted by molar-refractivity contribution is 0.623. The molecule has 0 N–H and O–H groups in total. The van der Waals surface area contributed by atoms with Crippen LogP contribution in [0.2, 0.25) is 0 Å². The smallest absolute Gasteiger partial charge is 0.227 e. The van der Waals surface area contributed by atoms with Gasteiger partial charge in [0.25, 0.3) is 0 Å². The quantitative estimate of drug-likeness (QED) is 0.204. The molecule has 0 aliphatic heterocycles. The van der Waals surface area contributed by atoms with E-state index in [1.54, 1.807) is 0 Å². The molecule has 9 aromatic rings. The third kappa shape index (κ3) is 3.81. The Morgan fingerprint density at radius 1 is 0.465 bits per heavy atom. The summed E-state index contributed by atoms with van der Waals surface area (Å²) in [7, 11) is 0. The fraction of sp³-hybridized carbons (Fsp3) is 0. The van der Waals surface area contributed by atoms with Crippen molar-refractivity contribution in [2.75, 3.05) is 4.90 Å². The number of oxazole rings is 1. The summed E-state index contributed by atoms with van der Waals surface area (Å²) in [5, 5.41) is 6.68. The molecule has 0 aliphatic rings. The summed E-state index contributed by atoms with van der Waals surface area (Å²) in [5.41, 5.74) is 7.63. The Morgan fingerprint density at radius 2 is 1.16 bits per heavy atom. The lowest BCUT2D eigenvalue weighted by atomic mass is 10.00. The van der Waals surface area contributed by atoms with Gasteiger partial charge >= 0.3 is 0 Å². The molecule has 0 saturated heterocycles. The minimum Gasteiger partial charge on any atom is -0.456 e. The van der Waals surface area contributed by atoms with Crippen molar-refractivity contribution in [2.45, 2.75) is 0 Å². The summed E-state index contributed by atoms with van der Waals surface area (Å²) >= 11 is 0. The summed E-state index contributed by atoms with van der Waals surface area (Å²) in [6, 6.07) is 50.4. The average molecular weight is 553 g/mol. The van der Waals surface area contributed by atoms with Gasteiger partial charge in [-0.15, -0.1) is 0 Å². The lowest BCUT2D eigenvalue weighted by Crippen LogP contribution is -2.09. The van der Waals surface area contributed by atoms with E-state index in [2.05, 4.69) is 95.9 Å². The minimum absolute atomic E-state index is 0.633. The number of para-hydroxylation sites is 2. The van der Waals surface area contributed by atoms with E-state index in [1.165, 1.54) is 0 Å². The van der Waals surface area contributed by atoms with Crippen LogP contribution in [0.25, 0.3) is 66.0 Å². The molecule has 0 aliphatic carbocycles. The maximum Gasteiger partial charge on any atom is 0.227 e. The molecule has 0 unspecified atom stereocenters. The highest BCUT2D eigenvalue weighted by Gasteiger charge is 2.18. The first-order valence-corrected chi connectivity index (χ1v) is 14.4. The molecule has 9 rings (SSSR count). The van der Waals surface area contributed by atoms with Gasteiger partial charge in [-0.05, 0) is 82.9 Å². The van der Waals surface area contributed by atoms with Crippen LogP contribution >= 0.6 is 0 Å². The highest BCUT2D eigenvalue weighted by Crippen LogP contribution is 2.41. The van der Waals surface area contributed by atoms with Gasteiger partial charge in [0.1, 0.15) is 16.7 Å². The van der Waals surface area contributed by atoms with E-state index in [-0.39, 0.29) is 0 Å². The van der Waals surface area contributed by atoms with Gasteiger partial charge in [0.05, 0.1) is 0 Å². The van der Waals surface area contributed by atoms with Gasteiger partial charge in [0.15, 0.2) is 5.58 Å². The van der Waals surface area contributed by atoms with Crippen LogP contribution in [-0.2, 0) is 0 Å². The first-order valence-electron chi connectivity index (χ1n) is 14.4. The molecular formula is C39H24N2O2. The molecule has 7 aromatic carbocycles. The Balaban J connectivity index is 1.24. The predicted molar refractivity (Wildman–Crippen MR) is 176 cm³/mol. The zero-order chi connectivity index (χ0) is 28.3. The van der Waals surface area contributed by atoms with Gasteiger partial charge in [-0.3, -0.25) is 0 Å². The van der Waals surface area contributed by atoms with Crippen molar-refractivity contribution >= 4 is 71.6 Å². The van der Waals surface area contributed by atoms with Gasteiger partial charge in [0, 0.05) is 38.8 Å². The van der Waals surface area contributed by atoms with Crippen molar-refractivity contribution in [1.29, 1.82) is 0 Å². The fourth-order valence-electron chi connectivity index (χ4n) is 6.24. The number of benzene rings is 7. The SMILES string of the molecule is c1ccc(-c2nc3ccc4ccc5cc(N(c6ccccc6)c6ccc7oc8ccccc8c7c6)ccc5c4c3o2)cc1. The van der Waals surface area contributed by atoms with Crippen molar-refractivity contribution in [3.63, 3.8) is 0 Å². The number of hydrogen-bond donors (Lipinski definition) is 0. The second kappa shape index (κ2) is 9.33. The Hall–Kier alpha value is -5.87. The Kier molecular flexibility index (Phi) is 5.16. The van der Waals surface area contributed by atoms with Gasteiger partial charge in [0.2, 0.25) is 5.89 Å². The molecule has 0 fully saturated rings. The fourth-order valence-corrected chi connectivity index (χ4v) is 6.24. The van der Waals surface area contributed by atoms with E-state index in [1.807, 2.05) is 54.6 Å². The van der Waals surface area contributed by atoms with Crippen molar-refractivity contribution in [3.05, 3.63) is 146 Å². The molecule has 43 heavy (non-hydrogen) atoms. The molecule has 2 heterocycles. The largest absolute Gasteiger partial charge is 0.456 e.